The molecule has 2 nitrogen and oxygen atoms in total. The summed E-state index contributed by atoms with van der Waals surface area (Å²) in [5.74, 6) is 0. The third-order valence-corrected chi connectivity index (χ3v) is 3.27. The van der Waals surface area contributed by atoms with Gasteiger partial charge in [-0.05, 0) is 44.0 Å². The van der Waals surface area contributed by atoms with Crippen LogP contribution in [-0.2, 0) is 0 Å². The molecule has 3 heteroatoms. The van der Waals surface area contributed by atoms with Crippen molar-refractivity contribution in [2.75, 3.05) is 0 Å². The van der Waals surface area contributed by atoms with Crippen LogP contribution in [0.1, 0.15) is 16.7 Å². The predicted molar refractivity (Wildman–Crippen MR) is 74.8 cm³/mol. The van der Waals surface area contributed by atoms with E-state index in [-0.39, 0.29) is 17.0 Å². The Morgan fingerprint density at radius 1 is 0.947 bits per heavy atom. The van der Waals surface area contributed by atoms with Crippen LogP contribution in [0, 0.1) is 20.8 Å². The number of benzene rings is 1. The fourth-order valence-corrected chi connectivity index (χ4v) is 2.31. The second-order valence-corrected chi connectivity index (χ2v) is 4.91. The Hall–Kier alpha value is -1.61. The molecule has 0 atom stereocenters. The van der Waals surface area contributed by atoms with Gasteiger partial charge in [0.15, 0.2) is 0 Å². The average molecular weight is 316 g/mol. The Labute approximate surface area is 123 Å². The lowest BCUT2D eigenvalue weighted by molar-refractivity contribution is -0.00000392. The van der Waals surface area contributed by atoms with Gasteiger partial charge in [-0.25, -0.2) is 4.98 Å². The number of rotatable bonds is 1. The summed E-state index contributed by atoms with van der Waals surface area (Å²) in [6.45, 7) is 6.34. The van der Waals surface area contributed by atoms with Crippen molar-refractivity contribution in [2.45, 2.75) is 20.8 Å². The summed E-state index contributed by atoms with van der Waals surface area (Å²) in [5, 5.41) is 0. The second-order valence-electron chi connectivity index (χ2n) is 4.91. The van der Waals surface area contributed by atoms with Crippen LogP contribution >= 0.6 is 0 Å². The van der Waals surface area contributed by atoms with E-state index in [1.807, 2.05) is 0 Å². The summed E-state index contributed by atoms with van der Waals surface area (Å²) in [5.41, 5.74) is 7.05. The zero-order chi connectivity index (χ0) is 12.7. The summed E-state index contributed by atoms with van der Waals surface area (Å²) in [7, 11) is 0. The Morgan fingerprint density at radius 2 is 1.68 bits per heavy atom. The number of imidazole rings is 1. The van der Waals surface area contributed by atoms with Gasteiger partial charge < -0.3 is 21.4 Å². The molecule has 0 aliphatic heterocycles. The van der Waals surface area contributed by atoms with Crippen molar-refractivity contribution in [3.8, 4) is 11.3 Å². The zero-order valence-electron chi connectivity index (χ0n) is 11.3. The van der Waals surface area contributed by atoms with Crippen LogP contribution in [0.15, 0.2) is 42.7 Å². The van der Waals surface area contributed by atoms with Gasteiger partial charge >= 0.3 is 0 Å². The molecule has 3 rings (SSSR count). The van der Waals surface area contributed by atoms with Gasteiger partial charge in [-0.1, -0.05) is 23.8 Å². The number of hydrogen-bond donors (Lipinski definition) is 0. The minimum Gasteiger partial charge on any atom is -1.00 e. The molecule has 2 aromatic heterocycles. The predicted octanol–water partition coefficient (Wildman–Crippen LogP) is 0.931. The SMILES string of the molecule is Cc1ccc(-c2cn3ccc(C)cc3n2)c(C)c1.[Br-]. The molecule has 0 unspecified atom stereocenters. The second kappa shape index (κ2) is 5.17. The van der Waals surface area contributed by atoms with Gasteiger partial charge in [0, 0.05) is 18.0 Å². The first-order valence-electron chi connectivity index (χ1n) is 6.16. The van der Waals surface area contributed by atoms with Gasteiger partial charge in [0.25, 0.3) is 0 Å². The van der Waals surface area contributed by atoms with Crippen molar-refractivity contribution in [2.24, 2.45) is 0 Å². The quantitative estimate of drug-likeness (QED) is 0.653. The molecule has 0 aliphatic carbocycles. The van der Waals surface area contributed by atoms with E-state index < -0.39 is 0 Å². The number of pyridine rings is 1. The Balaban J connectivity index is 0.00000133. The highest BCUT2D eigenvalue weighted by Crippen LogP contribution is 2.24. The van der Waals surface area contributed by atoms with E-state index in [2.05, 4.69) is 67.9 Å². The average Bonchev–Trinajstić information content (AvgIpc) is 2.71. The molecule has 0 N–H and O–H groups in total. The minimum absolute atomic E-state index is 0. The monoisotopic (exact) mass is 315 g/mol. The van der Waals surface area contributed by atoms with Crippen molar-refractivity contribution in [1.29, 1.82) is 0 Å². The number of aromatic nitrogens is 2. The summed E-state index contributed by atoms with van der Waals surface area (Å²) < 4.78 is 2.07. The van der Waals surface area contributed by atoms with Gasteiger partial charge in [0.2, 0.25) is 0 Å². The fraction of sp³-hybridized carbons (Fsp3) is 0.188. The van der Waals surface area contributed by atoms with Gasteiger partial charge in [-0.2, -0.15) is 0 Å². The van der Waals surface area contributed by atoms with Crippen LogP contribution in [0.5, 0.6) is 0 Å². The first-order valence-corrected chi connectivity index (χ1v) is 6.16. The van der Waals surface area contributed by atoms with Crippen LogP contribution in [-0.4, -0.2) is 9.38 Å². The van der Waals surface area contributed by atoms with E-state index in [9.17, 15) is 0 Å². The number of nitrogens with zero attached hydrogens (tertiary/aromatic N) is 2. The van der Waals surface area contributed by atoms with Gasteiger partial charge in [0.05, 0.1) is 5.69 Å². The molecule has 0 saturated carbocycles. The molecular formula is C16H16BrN2-. The summed E-state index contributed by atoms with van der Waals surface area (Å²) in [4.78, 5) is 4.70. The first-order chi connectivity index (χ1) is 8.63. The summed E-state index contributed by atoms with van der Waals surface area (Å²) >= 11 is 0. The van der Waals surface area contributed by atoms with E-state index in [0.29, 0.717) is 0 Å². The van der Waals surface area contributed by atoms with Crippen LogP contribution in [0.4, 0.5) is 0 Å². The Bertz CT molecular complexity index is 729. The molecule has 0 amide bonds. The Kier molecular flexibility index (Phi) is 3.76. The summed E-state index contributed by atoms with van der Waals surface area (Å²) in [6.07, 6.45) is 4.15. The topological polar surface area (TPSA) is 17.3 Å². The van der Waals surface area contributed by atoms with E-state index in [1.165, 1.54) is 22.3 Å². The molecule has 2 heterocycles. The first kappa shape index (κ1) is 13.8. The zero-order valence-corrected chi connectivity index (χ0v) is 12.9. The highest BCUT2D eigenvalue weighted by Gasteiger charge is 2.07. The molecule has 0 saturated heterocycles. The molecule has 19 heavy (non-hydrogen) atoms. The van der Waals surface area contributed by atoms with Crippen LogP contribution in [0.2, 0.25) is 0 Å². The molecule has 98 valence electrons. The molecule has 0 spiro atoms. The van der Waals surface area contributed by atoms with Crippen molar-refractivity contribution >= 4 is 5.65 Å². The highest BCUT2D eigenvalue weighted by molar-refractivity contribution is 5.66. The van der Waals surface area contributed by atoms with Gasteiger partial charge in [-0.3, -0.25) is 0 Å². The van der Waals surface area contributed by atoms with Crippen LogP contribution in [0.25, 0.3) is 16.9 Å². The summed E-state index contributed by atoms with van der Waals surface area (Å²) in [6, 6.07) is 10.7. The number of hydrogen-bond acceptors (Lipinski definition) is 1. The molecule has 0 bridgehead atoms. The Morgan fingerprint density at radius 3 is 2.42 bits per heavy atom. The molecule has 0 radical (unpaired) electrons. The van der Waals surface area contributed by atoms with E-state index >= 15 is 0 Å². The third-order valence-electron chi connectivity index (χ3n) is 3.27. The lowest BCUT2D eigenvalue weighted by Gasteiger charge is -2.02. The lowest BCUT2D eigenvalue weighted by Crippen LogP contribution is -3.00. The number of aryl methyl sites for hydroxylation is 3. The van der Waals surface area contributed by atoms with Crippen LogP contribution < -0.4 is 17.0 Å². The normalized spacial score (nSPS) is 10.5. The maximum absolute atomic E-state index is 4.70. The smallest absolute Gasteiger partial charge is 0.137 e. The van der Waals surface area contributed by atoms with Crippen molar-refractivity contribution < 1.29 is 17.0 Å². The number of halogens is 1. The minimum atomic E-state index is 0. The maximum Gasteiger partial charge on any atom is 0.137 e. The molecule has 1 aromatic carbocycles. The molecule has 3 aromatic rings. The third kappa shape index (κ3) is 2.56. The van der Waals surface area contributed by atoms with Crippen molar-refractivity contribution in [3.63, 3.8) is 0 Å². The van der Waals surface area contributed by atoms with Crippen LogP contribution in [0.3, 0.4) is 0 Å². The molecule has 0 aliphatic rings. The van der Waals surface area contributed by atoms with Crippen molar-refractivity contribution in [3.05, 3.63) is 59.4 Å². The maximum atomic E-state index is 4.70. The van der Waals surface area contributed by atoms with E-state index in [0.717, 1.165) is 11.3 Å². The van der Waals surface area contributed by atoms with Gasteiger partial charge in [0.1, 0.15) is 5.65 Å². The largest absolute Gasteiger partial charge is 1.00 e. The highest BCUT2D eigenvalue weighted by atomic mass is 79.9. The van der Waals surface area contributed by atoms with Gasteiger partial charge in [-0.15, -0.1) is 0 Å². The number of fused-ring (bicyclic) bond motifs is 1. The standard InChI is InChI=1S/C16H16N2.BrH/c1-11-4-5-14(13(3)8-11)15-10-18-7-6-12(2)9-16(18)17-15;/h4-10H,1-3H3;1H/p-1. The lowest BCUT2D eigenvalue weighted by atomic mass is 10.0. The molecular weight excluding hydrogens is 300 g/mol. The van der Waals surface area contributed by atoms with E-state index in [1.54, 1.807) is 0 Å². The van der Waals surface area contributed by atoms with E-state index in [4.69, 9.17) is 4.98 Å². The fourth-order valence-electron chi connectivity index (χ4n) is 2.31. The molecule has 0 fully saturated rings. The van der Waals surface area contributed by atoms with Crippen molar-refractivity contribution in [1.82, 2.24) is 9.38 Å².